The van der Waals surface area contributed by atoms with Gasteiger partial charge in [-0.25, -0.2) is 4.98 Å². The van der Waals surface area contributed by atoms with Crippen molar-refractivity contribution in [3.05, 3.63) is 17.1 Å². The minimum absolute atomic E-state index is 0.582. The molecule has 1 fully saturated rings. The number of aromatic nitrogens is 1. The Morgan fingerprint density at radius 3 is 2.83 bits per heavy atom. The molecule has 1 saturated carbocycles. The largest absolute Gasteiger partial charge is 0.397 e. The van der Waals surface area contributed by atoms with Gasteiger partial charge < -0.3 is 11.1 Å². The summed E-state index contributed by atoms with van der Waals surface area (Å²) >= 11 is 1.70. The second-order valence-corrected chi connectivity index (χ2v) is 6.35. The second-order valence-electron chi connectivity index (χ2n) is 5.12. The number of hydrogen-bond donors (Lipinski definition) is 2. The van der Waals surface area contributed by atoms with E-state index in [2.05, 4.69) is 16.4 Å². The molecule has 1 aromatic carbocycles. The molecule has 3 N–H and O–H groups in total. The zero-order chi connectivity index (χ0) is 12.5. The molecule has 0 bridgehead atoms. The summed E-state index contributed by atoms with van der Waals surface area (Å²) in [7, 11) is 0. The van der Waals surface area contributed by atoms with Crippen LogP contribution in [0.15, 0.2) is 12.1 Å². The van der Waals surface area contributed by atoms with Crippen LogP contribution in [0.1, 0.15) is 37.1 Å². The van der Waals surface area contributed by atoms with Crippen molar-refractivity contribution in [2.75, 3.05) is 11.1 Å². The molecule has 3 rings (SSSR count). The molecule has 1 aliphatic carbocycles. The van der Waals surface area contributed by atoms with E-state index >= 15 is 0 Å². The van der Waals surface area contributed by atoms with Crippen LogP contribution in [0.25, 0.3) is 10.2 Å². The van der Waals surface area contributed by atoms with Crippen molar-refractivity contribution >= 4 is 32.9 Å². The third-order valence-electron chi connectivity index (χ3n) is 3.63. The van der Waals surface area contributed by atoms with Crippen LogP contribution in [-0.2, 0) is 0 Å². The Morgan fingerprint density at radius 1 is 1.28 bits per heavy atom. The van der Waals surface area contributed by atoms with E-state index in [1.807, 2.05) is 13.0 Å². The topological polar surface area (TPSA) is 50.9 Å². The summed E-state index contributed by atoms with van der Waals surface area (Å²) in [4.78, 5) is 4.53. The molecular weight excluding hydrogens is 242 g/mol. The first kappa shape index (κ1) is 11.8. The molecule has 0 radical (unpaired) electrons. The van der Waals surface area contributed by atoms with E-state index in [1.165, 1.54) is 36.8 Å². The predicted octanol–water partition coefficient (Wildman–Crippen LogP) is 3.93. The first-order chi connectivity index (χ1) is 8.72. The van der Waals surface area contributed by atoms with Gasteiger partial charge in [-0.3, -0.25) is 0 Å². The Kier molecular flexibility index (Phi) is 3.12. The molecule has 4 heteroatoms. The van der Waals surface area contributed by atoms with E-state index in [4.69, 9.17) is 5.73 Å². The molecule has 3 nitrogen and oxygen atoms in total. The van der Waals surface area contributed by atoms with E-state index in [0.717, 1.165) is 21.9 Å². The van der Waals surface area contributed by atoms with Crippen LogP contribution in [-0.4, -0.2) is 11.0 Å². The van der Waals surface area contributed by atoms with Gasteiger partial charge in [0.15, 0.2) is 0 Å². The Morgan fingerprint density at radius 2 is 2.06 bits per heavy atom. The Balaban J connectivity index is 1.88. The van der Waals surface area contributed by atoms with Gasteiger partial charge in [-0.2, -0.15) is 0 Å². The van der Waals surface area contributed by atoms with Crippen LogP contribution < -0.4 is 11.1 Å². The molecule has 0 unspecified atom stereocenters. The maximum Gasteiger partial charge on any atom is 0.0907 e. The molecule has 1 aliphatic rings. The van der Waals surface area contributed by atoms with Crippen LogP contribution in [0.3, 0.4) is 0 Å². The van der Waals surface area contributed by atoms with E-state index in [0.29, 0.717) is 6.04 Å². The smallest absolute Gasteiger partial charge is 0.0907 e. The number of benzene rings is 1. The van der Waals surface area contributed by atoms with Gasteiger partial charge in [0.25, 0.3) is 0 Å². The molecule has 0 aliphatic heterocycles. The number of anilines is 2. The highest BCUT2D eigenvalue weighted by molar-refractivity contribution is 7.18. The fraction of sp³-hybridized carbons (Fsp3) is 0.500. The quantitative estimate of drug-likeness (QED) is 0.805. The lowest BCUT2D eigenvalue weighted by atomic mass is 9.95. The van der Waals surface area contributed by atoms with Gasteiger partial charge in [-0.05, 0) is 31.9 Å². The average Bonchev–Trinajstić information content (AvgIpc) is 2.70. The average molecular weight is 261 g/mol. The number of fused-ring (bicyclic) bond motifs is 1. The van der Waals surface area contributed by atoms with Gasteiger partial charge in [0.1, 0.15) is 0 Å². The predicted molar refractivity (Wildman–Crippen MR) is 79.3 cm³/mol. The van der Waals surface area contributed by atoms with Gasteiger partial charge in [0.05, 0.1) is 26.6 Å². The highest BCUT2D eigenvalue weighted by Gasteiger charge is 2.15. The third kappa shape index (κ3) is 2.29. The molecule has 1 aromatic heterocycles. The highest BCUT2D eigenvalue weighted by atomic mass is 32.1. The monoisotopic (exact) mass is 261 g/mol. The van der Waals surface area contributed by atoms with E-state index in [1.54, 1.807) is 11.3 Å². The summed E-state index contributed by atoms with van der Waals surface area (Å²) in [6, 6.07) is 4.73. The summed E-state index contributed by atoms with van der Waals surface area (Å²) in [6.07, 6.45) is 6.55. The third-order valence-corrected chi connectivity index (χ3v) is 4.57. The number of rotatable bonds is 2. The first-order valence-electron chi connectivity index (χ1n) is 6.65. The maximum absolute atomic E-state index is 6.13. The molecular formula is C14H19N3S. The highest BCUT2D eigenvalue weighted by Crippen LogP contribution is 2.31. The first-order valence-corrected chi connectivity index (χ1v) is 7.47. The normalized spacial score (nSPS) is 17.2. The zero-order valence-corrected chi connectivity index (χ0v) is 11.5. The molecule has 0 amide bonds. The number of nitrogens with zero attached hydrogens (tertiary/aromatic N) is 1. The van der Waals surface area contributed by atoms with Crippen LogP contribution in [0, 0.1) is 6.92 Å². The van der Waals surface area contributed by atoms with Gasteiger partial charge in [0, 0.05) is 6.04 Å². The molecule has 0 saturated heterocycles. The lowest BCUT2D eigenvalue weighted by Gasteiger charge is -2.24. The van der Waals surface area contributed by atoms with Crippen molar-refractivity contribution in [3.8, 4) is 0 Å². The van der Waals surface area contributed by atoms with Gasteiger partial charge in [-0.1, -0.05) is 19.3 Å². The van der Waals surface area contributed by atoms with Crippen LogP contribution in [0.4, 0.5) is 11.4 Å². The van der Waals surface area contributed by atoms with E-state index in [-0.39, 0.29) is 0 Å². The molecule has 2 aromatic rings. The lowest BCUT2D eigenvalue weighted by Crippen LogP contribution is -2.22. The standard InChI is InChI=1S/C14H19N3S/c1-9-16-13-8-12(11(15)7-14(13)18-9)17-10-5-3-2-4-6-10/h7-8,10,17H,2-6,15H2,1H3. The number of thiazole rings is 1. The van der Waals surface area contributed by atoms with Crippen molar-refractivity contribution in [2.45, 2.75) is 45.1 Å². The number of hydrogen-bond acceptors (Lipinski definition) is 4. The Bertz CT molecular complexity index is 555. The Hall–Kier alpha value is -1.29. The fourth-order valence-corrected chi connectivity index (χ4v) is 3.55. The van der Waals surface area contributed by atoms with Crippen molar-refractivity contribution in [2.24, 2.45) is 0 Å². The molecule has 0 spiro atoms. The van der Waals surface area contributed by atoms with Crippen molar-refractivity contribution in [3.63, 3.8) is 0 Å². The van der Waals surface area contributed by atoms with E-state index in [9.17, 15) is 0 Å². The van der Waals surface area contributed by atoms with Gasteiger partial charge in [0.2, 0.25) is 0 Å². The minimum atomic E-state index is 0.582. The van der Waals surface area contributed by atoms with Crippen LogP contribution in [0.2, 0.25) is 0 Å². The minimum Gasteiger partial charge on any atom is -0.397 e. The van der Waals surface area contributed by atoms with E-state index < -0.39 is 0 Å². The lowest BCUT2D eigenvalue weighted by molar-refractivity contribution is 0.463. The summed E-state index contributed by atoms with van der Waals surface area (Å²) < 4.78 is 1.18. The second kappa shape index (κ2) is 4.76. The number of nitrogens with one attached hydrogen (secondary N) is 1. The Labute approximate surface area is 111 Å². The SMILES string of the molecule is Cc1nc2cc(NC3CCCCC3)c(N)cc2s1. The number of nitrogens with two attached hydrogens (primary N) is 1. The van der Waals surface area contributed by atoms with Crippen molar-refractivity contribution in [1.29, 1.82) is 0 Å². The number of aryl methyl sites for hydroxylation is 1. The maximum atomic E-state index is 6.13. The molecule has 96 valence electrons. The fourth-order valence-electron chi connectivity index (χ4n) is 2.70. The van der Waals surface area contributed by atoms with Crippen LogP contribution in [0.5, 0.6) is 0 Å². The molecule has 18 heavy (non-hydrogen) atoms. The van der Waals surface area contributed by atoms with Crippen LogP contribution >= 0.6 is 11.3 Å². The molecule has 1 heterocycles. The van der Waals surface area contributed by atoms with Gasteiger partial charge >= 0.3 is 0 Å². The van der Waals surface area contributed by atoms with Gasteiger partial charge in [-0.15, -0.1) is 11.3 Å². The summed E-state index contributed by atoms with van der Waals surface area (Å²) in [5.41, 5.74) is 9.09. The summed E-state index contributed by atoms with van der Waals surface area (Å²) in [5.74, 6) is 0. The van der Waals surface area contributed by atoms with Crippen molar-refractivity contribution < 1.29 is 0 Å². The summed E-state index contributed by atoms with van der Waals surface area (Å²) in [5, 5.41) is 4.69. The summed E-state index contributed by atoms with van der Waals surface area (Å²) in [6.45, 7) is 2.04. The number of nitrogen functional groups attached to an aromatic ring is 1. The van der Waals surface area contributed by atoms with Crippen molar-refractivity contribution in [1.82, 2.24) is 4.98 Å². The molecule has 0 atom stereocenters. The zero-order valence-electron chi connectivity index (χ0n) is 10.7.